The molecular formula is C14H26CaN4O10. The first-order valence-electron chi connectivity index (χ1n) is 7.97. The summed E-state index contributed by atoms with van der Waals surface area (Å²) in [6.45, 7) is -2.51. The summed E-state index contributed by atoms with van der Waals surface area (Å²) in [7, 11) is 0. The van der Waals surface area contributed by atoms with Crippen LogP contribution in [-0.2, 0) is 28.8 Å². The number of carboxylic acid groups (broad SMARTS) is 4. The van der Waals surface area contributed by atoms with Gasteiger partial charge in [0.2, 0.25) is 0 Å². The number of carbonyl (C=O) groups excluding carboxylic acids is 1. The number of nitrogens with two attached hydrogens (primary N) is 1. The van der Waals surface area contributed by atoms with Crippen LogP contribution in [0.5, 0.6) is 0 Å². The van der Waals surface area contributed by atoms with Crippen molar-refractivity contribution in [3.63, 3.8) is 0 Å². The third-order valence-electron chi connectivity index (χ3n) is 3.38. The van der Waals surface area contributed by atoms with Crippen molar-refractivity contribution in [2.24, 2.45) is 5.90 Å². The molecule has 0 atom stereocenters. The Balaban J connectivity index is 0. The van der Waals surface area contributed by atoms with Crippen LogP contribution in [0.1, 0.15) is 0 Å². The molecule has 164 valence electrons. The Kier molecular flexibility index (Phi) is 16.6. The molecular weight excluding hydrogens is 424 g/mol. The third kappa shape index (κ3) is 17.1. The van der Waals surface area contributed by atoms with Crippen molar-refractivity contribution in [2.45, 2.75) is 0 Å². The van der Waals surface area contributed by atoms with Gasteiger partial charge >= 0.3 is 67.6 Å². The van der Waals surface area contributed by atoms with Gasteiger partial charge in [-0.3, -0.25) is 33.9 Å². The van der Waals surface area contributed by atoms with Crippen molar-refractivity contribution in [3.05, 3.63) is 0 Å². The number of carboxylic acids is 4. The fourth-order valence-corrected chi connectivity index (χ4v) is 2.25. The molecule has 14 nitrogen and oxygen atoms in total. The normalized spacial score (nSPS) is 10.6. The summed E-state index contributed by atoms with van der Waals surface area (Å²) in [5, 5.41) is 35.5. The second-order valence-corrected chi connectivity index (χ2v) is 5.76. The number of rotatable bonds is 16. The predicted molar refractivity (Wildman–Crippen MR) is 98.7 cm³/mol. The van der Waals surface area contributed by atoms with Crippen LogP contribution in [0.25, 0.3) is 0 Å². The Hall–Kier alpha value is -1.55. The van der Waals surface area contributed by atoms with Crippen molar-refractivity contribution in [1.82, 2.24) is 14.7 Å². The maximum absolute atomic E-state index is 11.2. The number of nitrogens with zero attached hydrogens (tertiary/aromatic N) is 3. The van der Waals surface area contributed by atoms with Gasteiger partial charge in [0, 0.05) is 26.2 Å². The van der Waals surface area contributed by atoms with Crippen LogP contribution in [0.15, 0.2) is 0 Å². The van der Waals surface area contributed by atoms with Gasteiger partial charge in [-0.2, -0.15) is 5.90 Å². The molecule has 0 aliphatic carbocycles. The summed E-state index contributed by atoms with van der Waals surface area (Å²) >= 11 is 0. The van der Waals surface area contributed by atoms with Crippen LogP contribution in [0, 0.1) is 0 Å². The molecule has 29 heavy (non-hydrogen) atoms. The Morgan fingerprint density at radius 3 is 1.17 bits per heavy atom. The van der Waals surface area contributed by atoms with Crippen LogP contribution in [0.3, 0.4) is 0 Å². The van der Waals surface area contributed by atoms with Gasteiger partial charge in [-0.25, -0.2) is 4.79 Å². The molecule has 0 aliphatic heterocycles. The standard InChI is InChI=1S/C14H24N4O10.Ca.2H/c15-28-14(27)9-18(8-13(25)26)4-2-16(5-10(19)20)1-3-17(6-11(21)22)7-12(23)24;;;/h1-9,15H2,(H,19,20)(H,21,22)(H,23,24)(H,25,26);;;. The van der Waals surface area contributed by atoms with Gasteiger partial charge in [0.05, 0.1) is 32.7 Å². The molecule has 0 heterocycles. The molecule has 0 aromatic rings. The molecule has 15 heteroatoms. The van der Waals surface area contributed by atoms with E-state index in [1.807, 2.05) is 0 Å². The molecule has 0 spiro atoms. The zero-order chi connectivity index (χ0) is 21.7. The molecule has 0 rings (SSSR count). The number of aliphatic carboxylic acids is 4. The first-order chi connectivity index (χ1) is 13.0. The molecule has 0 saturated carbocycles. The van der Waals surface area contributed by atoms with Gasteiger partial charge < -0.3 is 25.3 Å². The van der Waals surface area contributed by atoms with E-state index in [4.69, 9.17) is 26.3 Å². The molecule has 6 N–H and O–H groups in total. The number of carbonyl (C=O) groups is 5. The maximum atomic E-state index is 11.2. The zero-order valence-electron chi connectivity index (χ0n) is 15.0. The summed E-state index contributed by atoms with van der Waals surface area (Å²) in [6, 6.07) is 0. The zero-order valence-corrected chi connectivity index (χ0v) is 15.0. The predicted octanol–water partition coefficient (Wildman–Crippen LogP) is -4.27. The van der Waals surface area contributed by atoms with E-state index in [-0.39, 0.29) is 63.9 Å². The van der Waals surface area contributed by atoms with E-state index in [0.717, 1.165) is 4.90 Å². The van der Waals surface area contributed by atoms with Crippen LogP contribution in [0.4, 0.5) is 0 Å². The molecule has 0 aromatic carbocycles. The second-order valence-electron chi connectivity index (χ2n) is 5.76. The van der Waals surface area contributed by atoms with Gasteiger partial charge in [-0.05, 0) is 0 Å². The molecule has 0 aliphatic rings. The van der Waals surface area contributed by atoms with Crippen LogP contribution >= 0.6 is 0 Å². The number of hydrogen-bond donors (Lipinski definition) is 5. The van der Waals surface area contributed by atoms with E-state index >= 15 is 0 Å². The molecule has 0 unspecified atom stereocenters. The molecule has 0 aromatic heterocycles. The quantitative estimate of drug-likeness (QED) is 0.111. The SMILES string of the molecule is NOC(=O)CN(CCN(CCN(CC(=O)O)CC(=O)O)CC(=O)O)CC(=O)O.[CaH2]. The van der Waals surface area contributed by atoms with Crippen LogP contribution in [0.2, 0.25) is 0 Å². The van der Waals surface area contributed by atoms with E-state index in [0.29, 0.717) is 0 Å². The fourth-order valence-electron chi connectivity index (χ4n) is 2.25. The van der Waals surface area contributed by atoms with Gasteiger partial charge in [0.15, 0.2) is 0 Å². The van der Waals surface area contributed by atoms with Crippen molar-refractivity contribution >= 4 is 67.6 Å². The number of hydrogen-bond acceptors (Lipinski definition) is 10. The van der Waals surface area contributed by atoms with Crippen LogP contribution in [-0.4, -0.2) is 162 Å². The van der Waals surface area contributed by atoms with E-state index in [2.05, 4.69) is 4.84 Å². The van der Waals surface area contributed by atoms with Crippen molar-refractivity contribution < 1.29 is 49.2 Å². The molecule has 0 radical (unpaired) electrons. The Bertz CT molecular complexity index is 561. The monoisotopic (exact) mass is 450 g/mol. The van der Waals surface area contributed by atoms with Crippen molar-refractivity contribution in [2.75, 3.05) is 58.9 Å². The average Bonchev–Trinajstić information content (AvgIpc) is 2.54. The summed E-state index contributed by atoms with van der Waals surface area (Å²) in [5.41, 5.74) is 0. The molecule has 0 fully saturated rings. The minimum absolute atomic E-state index is 0. The van der Waals surface area contributed by atoms with Gasteiger partial charge in [-0.1, -0.05) is 0 Å². The van der Waals surface area contributed by atoms with E-state index in [1.54, 1.807) is 0 Å². The topological polar surface area (TPSA) is 211 Å². The Morgan fingerprint density at radius 2 is 0.862 bits per heavy atom. The van der Waals surface area contributed by atoms with Crippen LogP contribution < -0.4 is 5.90 Å². The van der Waals surface area contributed by atoms with E-state index in [9.17, 15) is 24.0 Å². The van der Waals surface area contributed by atoms with Crippen molar-refractivity contribution in [3.8, 4) is 0 Å². The Labute approximate surface area is 195 Å². The molecule has 0 saturated heterocycles. The Morgan fingerprint density at radius 1 is 0.586 bits per heavy atom. The second kappa shape index (κ2) is 16.3. The summed E-state index contributed by atoms with van der Waals surface area (Å²) in [6.07, 6.45) is 0. The van der Waals surface area contributed by atoms with Gasteiger partial charge in [-0.15, -0.1) is 0 Å². The molecule has 0 bridgehead atoms. The first-order valence-corrected chi connectivity index (χ1v) is 7.97. The summed E-state index contributed by atoms with van der Waals surface area (Å²) < 4.78 is 0. The van der Waals surface area contributed by atoms with Gasteiger partial charge in [0.25, 0.3) is 0 Å². The molecule has 0 amide bonds. The van der Waals surface area contributed by atoms with E-state index in [1.165, 1.54) is 9.80 Å². The van der Waals surface area contributed by atoms with E-state index < -0.39 is 62.6 Å². The third-order valence-corrected chi connectivity index (χ3v) is 3.38. The first kappa shape index (κ1) is 29.6. The minimum atomic E-state index is -1.24. The van der Waals surface area contributed by atoms with Crippen molar-refractivity contribution in [1.29, 1.82) is 0 Å². The summed E-state index contributed by atoms with van der Waals surface area (Å²) in [4.78, 5) is 62.4. The average molecular weight is 450 g/mol. The van der Waals surface area contributed by atoms with Gasteiger partial charge in [0.1, 0.15) is 0 Å². The summed E-state index contributed by atoms with van der Waals surface area (Å²) in [5.74, 6) is -1.03. The fraction of sp³-hybridized carbons (Fsp3) is 0.643.